The minimum absolute atomic E-state index is 0.000360. The Bertz CT molecular complexity index is 1110. The topological polar surface area (TPSA) is 95.6 Å². The zero-order valence-corrected chi connectivity index (χ0v) is 18.1. The molecule has 0 saturated carbocycles. The third-order valence-electron chi connectivity index (χ3n) is 4.38. The van der Waals surface area contributed by atoms with Crippen molar-refractivity contribution in [2.45, 2.75) is 24.9 Å². The number of hydrazine groups is 1. The van der Waals surface area contributed by atoms with Crippen molar-refractivity contribution in [2.75, 3.05) is 13.1 Å². The van der Waals surface area contributed by atoms with Gasteiger partial charge < -0.3 is 0 Å². The average molecular weight is 469 g/mol. The van der Waals surface area contributed by atoms with Crippen LogP contribution in [0.4, 0.5) is 13.2 Å². The van der Waals surface area contributed by atoms with Crippen LogP contribution >= 0.6 is 0 Å². The first-order valence-corrected chi connectivity index (χ1v) is 11.0. The maximum atomic E-state index is 12.7. The lowest BCUT2D eigenvalue weighted by molar-refractivity contribution is -0.137. The van der Waals surface area contributed by atoms with Gasteiger partial charge in [-0.1, -0.05) is 32.0 Å². The number of sulfonamides is 1. The van der Waals surface area contributed by atoms with Gasteiger partial charge in [-0.15, -0.1) is 0 Å². The van der Waals surface area contributed by atoms with E-state index in [1.807, 2.05) is 0 Å². The molecule has 32 heavy (non-hydrogen) atoms. The Morgan fingerprint density at radius 1 is 1.00 bits per heavy atom. The highest BCUT2D eigenvalue weighted by molar-refractivity contribution is 7.89. The van der Waals surface area contributed by atoms with Gasteiger partial charge in [0.2, 0.25) is 10.0 Å². The van der Waals surface area contributed by atoms with Crippen molar-refractivity contribution in [1.82, 2.24) is 15.2 Å². The Morgan fingerprint density at radius 2 is 1.66 bits per heavy atom. The van der Waals surface area contributed by atoms with E-state index in [4.69, 9.17) is 0 Å². The number of hydrogen-bond donors (Lipinski definition) is 2. The summed E-state index contributed by atoms with van der Waals surface area (Å²) in [6.45, 7) is 3.92. The van der Waals surface area contributed by atoms with Crippen LogP contribution in [0.1, 0.15) is 35.3 Å². The van der Waals surface area contributed by atoms with Gasteiger partial charge in [0.25, 0.3) is 11.8 Å². The van der Waals surface area contributed by atoms with E-state index >= 15 is 0 Å². The molecule has 0 spiro atoms. The molecule has 172 valence electrons. The van der Waals surface area contributed by atoms with E-state index < -0.39 is 33.6 Å². The normalized spacial score (nSPS) is 12.2. The van der Waals surface area contributed by atoms with Crippen LogP contribution in [0, 0.1) is 0 Å². The molecule has 11 heteroatoms. The van der Waals surface area contributed by atoms with Crippen LogP contribution in [-0.4, -0.2) is 37.6 Å². The first kappa shape index (κ1) is 25.1. The van der Waals surface area contributed by atoms with E-state index in [0.29, 0.717) is 0 Å². The van der Waals surface area contributed by atoms with Gasteiger partial charge in [0.15, 0.2) is 0 Å². The molecule has 2 rings (SSSR count). The molecule has 0 bridgehead atoms. The monoisotopic (exact) mass is 469 g/mol. The lowest BCUT2D eigenvalue weighted by Gasteiger charge is -2.18. The summed E-state index contributed by atoms with van der Waals surface area (Å²) in [7, 11) is -3.77. The van der Waals surface area contributed by atoms with Gasteiger partial charge in [-0.25, -0.2) is 8.42 Å². The van der Waals surface area contributed by atoms with Gasteiger partial charge in [-0.3, -0.25) is 20.4 Å². The minimum Gasteiger partial charge on any atom is -0.268 e. The molecule has 0 saturated heterocycles. The van der Waals surface area contributed by atoms with Crippen LogP contribution in [0.3, 0.4) is 0 Å². The minimum atomic E-state index is -4.51. The zero-order valence-electron chi connectivity index (χ0n) is 17.3. The third-order valence-corrected chi connectivity index (χ3v) is 6.43. The van der Waals surface area contributed by atoms with Gasteiger partial charge in [0.05, 0.1) is 10.5 Å². The molecule has 2 aromatic rings. The second kappa shape index (κ2) is 10.4. The van der Waals surface area contributed by atoms with Crippen molar-refractivity contribution in [3.05, 3.63) is 71.3 Å². The Morgan fingerprint density at radius 3 is 2.28 bits per heavy atom. The SMILES string of the molecule is CCN(CC)S(=O)(=O)c1cccc(C(=O)NNC(=O)/C=C/c2cccc(C(F)(F)F)c2)c1. The standard InChI is InChI=1S/C21H22F3N3O4S/c1-3-27(4-2)32(30,31)18-10-6-8-16(14-18)20(29)26-25-19(28)12-11-15-7-5-9-17(13-15)21(22,23)24/h5-14H,3-4H2,1-2H3,(H,25,28)(H,26,29)/b12-11+. The number of amides is 2. The summed E-state index contributed by atoms with van der Waals surface area (Å²) in [5, 5.41) is 0. The van der Waals surface area contributed by atoms with Crippen molar-refractivity contribution < 1.29 is 31.2 Å². The maximum absolute atomic E-state index is 12.7. The lowest BCUT2D eigenvalue weighted by Crippen LogP contribution is -2.40. The fourth-order valence-corrected chi connectivity index (χ4v) is 4.24. The number of hydrogen-bond acceptors (Lipinski definition) is 4. The predicted octanol–water partition coefficient (Wildman–Crippen LogP) is 3.21. The molecule has 7 nitrogen and oxygen atoms in total. The zero-order chi connectivity index (χ0) is 23.9. The van der Waals surface area contributed by atoms with E-state index in [9.17, 15) is 31.2 Å². The summed E-state index contributed by atoms with van der Waals surface area (Å²) in [5.74, 6) is -1.55. The summed E-state index contributed by atoms with van der Waals surface area (Å²) >= 11 is 0. The molecule has 0 atom stereocenters. The Balaban J connectivity index is 2.04. The van der Waals surface area contributed by atoms with Crippen molar-refractivity contribution in [2.24, 2.45) is 0 Å². The Kier molecular flexibility index (Phi) is 8.17. The fraction of sp³-hybridized carbons (Fsp3) is 0.238. The Hall–Kier alpha value is -3.18. The van der Waals surface area contributed by atoms with Crippen molar-refractivity contribution in [3.63, 3.8) is 0 Å². The van der Waals surface area contributed by atoms with Crippen LogP contribution < -0.4 is 10.9 Å². The molecule has 0 aliphatic heterocycles. The maximum Gasteiger partial charge on any atom is 0.416 e. The highest BCUT2D eigenvalue weighted by Crippen LogP contribution is 2.29. The number of nitrogens with zero attached hydrogens (tertiary/aromatic N) is 1. The molecule has 0 heterocycles. The molecule has 2 N–H and O–H groups in total. The van der Waals surface area contributed by atoms with E-state index in [0.717, 1.165) is 24.3 Å². The second-order valence-corrected chi connectivity index (χ2v) is 8.46. The second-order valence-electron chi connectivity index (χ2n) is 6.52. The van der Waals surface area contributed by atoms with Crippen LogP contribution in [-0.2, 0) is 21.0 Å². The summed E-state index contributed by atoms with van der Waals surface area (Å²) in [4.78, 5) is 24.1. The van der Waals surface area contributed by atoms with E-state index in [-0.39, 0.29) is 29.1 Å². The van der Waals surface area contributed by atoms with Crippen molar-refractivity contribution in [1.29, 1.82) is 0 Å². The number of halogens is 3. The highest BCUT2D eigenvalue weighted by Gasteiger charge is 2.30. The lowest BCUT2D eigenvalue weighted by atomic mass is 10.1. The van der Waals surface area contributed by atoms with Crippen LogP contribution in [0.25, 0.3) is 6.08 Å². The summed E-state index contributed by atoms with van der Waals surface area (Å²) in [6, 6.07) is 9.72. The van der Waals surface area contributed by atoms with Crippen molar-refractivity contribution in [3.8, 4) is 0 Å². The van der Waals surface area contributed by atoms with Gasteiger partial charge in [0, 0.05) is 24.7 Å². The number of benzene rings is 2. The molecule has 0 aromatic heterocycles. The fourth-order valence-electron chi connectivity index (χ4n) is 2.73. The molecular weight excluding hydrogens is 447 g/mol. The van der Waals surface area contributed by atoms with Gasteiger partial charge in [-0.05, 0) is 42.0 Å². The molecule has 0 aliphatic rings. The number of carbonyl (C=O) groups is 2. The van der Waals surface area contributed by atoms with E-state index in [1.54, 1.807) is 13.8 Å². The molecule has 2 aromatic carbocycles. The number of rotatable bonds is 7. The summed E-state index contributed by atoms with van der Waals surface area (Å²) < 4.78 is 64.6. The average Bonchev–Trinajstić information content (AvgIpc) is 2.76. The first-order chi connectivity index (χ1) is 15.0. The molecule has 0 fully saturated rings. The van der Waals surface area contributed by atoms with Crippen LogP contribution in [0.2, 0.25) is 0 Å². The molecule has 0 unspecified atom stereocenters. The van der Waals surface area contributed by atoms with Gasteiger partial charge in [0.1, 0.15) is 0 Å². The quantitative estimate of drug-likeness (QED) is 0.481. The van der Waals surface area contributed by atoms with Crippen LogP contribution in [0.15, 0.2) is 59.5 Å². The molecular formula is C21H22F3N3O4S. The number of carbonyl (C=O) groups excluding carboxylic acids is 2. The highest BCUT2D eigenvalue weighted by atomic mass is 32.2. The number of nitrogens with one attached hydrogen (secondary N) is 2. The smallest absolute Gasteiger partial charge is 0.268 e. The molecule has 0 aliphatic carbocycles. The van der Waals surface area contributed by atoms with E-state index in [2.05, 4.69) is 10.9 Å². The first-order valence-electron chi connectivity index (χ1n) is 9.55. The van der Waals surface area contributed by atoms with Crippen molar-refractivity contribution >= 4 is 27.9 Å². The van der Waals surface area contributed by atoms with Gasteiger partial charge in [-0.2, -0.15) is 17.5 Å². The largest absolute Gasteiger partial charge is 0.416 e. The van der Waals surface area contributed by atoms with Crippen LogP contribution in [0.5, 0.6) is 0 Å². The molecule has 2 amide bonds. The Labute approximate surface area is 183 Å². The molecule has 0 radical (unpaired) electrons. The van der Waals surface area contributed by atoms with E-state index in [1.165, 1.54) is 40.7 Å². The van der Waals surface area contributed by atoms with Gasteiger partial charge >= 0.3 is 6.18 Å². The third kappa shape index (κ3) is 6.41. The summed E-state index contributed by atoms with van der Waals surface area (Å²) in [6.07, 6.45) is -2.39. The number of alkyl halides is 3. The predicted molar refractivity (Wildman–Crippen MR) is 113 cm³/mol. The summed E-state index contributed by atoms with van der Waals surface area (Å²) in [5.41, 5.74) is 3.52.